The molecule has 10 heteroatoms. The van der Waals surface area contributed by atoms with Crippen LogP contribution in [0.2, 0.25) is 0 Å². The van der Waals surface area contributed by atoms with Gasteiger partial charge in [-0.05, 0) is 0 Å². The van der Waals surface area contributed by atoms with Crippen LogP contribution in [0.25, 0.3) is 0 Å². The normalized spacial score (nSPS) is 14.1. The summed E-state index contributed by atoms with van der Waals surface area (Å²) >= 11 is 0. The Kier molecular flexibility index (Phi) is 4.78. The first kappa shape index (κ1) is 15.5. The predicted molar refractivity (Wildman–Crippen MR) is 40.4 cm³/mol. The van der Waals surface area contributed by atoms with Crippen LogP contribution >= 0.6 is 0 Å². The molecule has 100 valence electrons. The quantitative estimate of drug-likeness (QED) is 0.479. The smallest absolute Gasteiger partial charge is 0.425 e. The third-order valence-corrected chi connectivity index (χ3v) is 1.37. The molecule has 0 saturated carbocycles. The number of esters is 1. The molecule has 0 aromatic rings. The van der Waals surface area contributed by atoms with Crippen LogP contribution in [0.4, 0.5) is 26.3 Å². The second kappa shape index (κ2) is 5.23. The number of rotatable bonds is 3. The first-order valence-electron chi connectivity index (χ1n) is 4.12. The van der Waals surface area contributed by atoms with E-state index in [1.165, 1.54) is 6.92 Å². The van der Waals surface area contributed by atoms with E-state index in [0.29, 0.717) is 0 Å². The van der Waals surface area contributed by atoms with Crippen LogP contribution in [0.5, 0.6) is 0 Å². The minimum atomic E-state index is -5.57. The molecular weight excluding hydrogens is 260 g/mol. The van der Waals surface area contributed by atoms with E-state index in [1.807, 2.05) is 0 Å². The first-order valence-corrected chi connectivity index (χ1v) is 4.12. The number of halogens is 6. The van der Waals surface area contributed by atoms with Gasteiger partial charge in [-0.15, -0.1) is 0 Å². The number of hydrogen-bond acceptors (Lipinski definition) is 3. The lowest BCUT2D eigenvalue weighted by molar-refractivity contribution is -0.250. The molecule has 0 heterocycles. The Labute approximate surface area is 90.9 Å². The van der Waals surface area contributed by atoms with Gasteiger partial charge in [-0.25, -0.2) is 4.79 Å². The van der Waals surface area contributed by atoms with E-state index in [1.54, 1.807) is 0 Å². The molecule has 0 bridgehead atoms. The highest BCUT2D eigenvalue weighted by Crippen LogP contribution is 2.25. The first-order chi connectivity index (χ1) is 7.48. The van der Waals surface area contributed by atoms with Gasteiger partial charge < -0.3 is 10.1 Å². The maximum Gasteiger partial charge on any atom is 0.491 e. The molecule has 17 heavy (non-hydrogen) atoms. The Morgan fingerprint density at radius 3 is 1.94 bits per heavy atom. The van der Waals surface area contributed by atoms with Gasteiger partial charge in [-0.1, -0.05) is 6.92 Å². The minimum Gasteiger partial charge on any atom is -0.425 e. The minimum absolute atomic E-state index is 0.407. The summed E-state index contributed by atoms with van der Waals surface area (Å²) in [6.45, 7) is 1.17. The zero-order chi connectivity index (χ0) is 13.9. The van der Waals surface area contributed by atoms with Crippen molar-refractivity contribution >= 4 is 11.9 Å². The summed E-state index contributed by atoms with van der Waals surface area (Å²) in [4.78, 5) is 20.8. The molecule has 0 saturated heterocycles. The number of amides is 1. The maximum absolute atomic E-state index is 12.1. The van der Waals surface area contributed by atoms with Gasteiger partial charge >= 0.3 is 18.3 Å². The average Bonchev–Trinajstić information content (AvgIpc) is 2.13. The van der Waals surface area contributed by atoms with Crippen molar-refractivity contribution in [3.63, 3.8) is 0 Å². The summed E-state index contributed by atoms with van der Waals surface area (Å²) in [5, 5.41) is 1.10. The van der Waals surface area contributed by atoms with E-state index in [-0.39, 0.29) is 0 Å². The van der Waals surface area contributed by atoms with E-state index in [0.717, 1.165) is 5.32 Å². The number of nitrogens with one attached hydrogen (secondary N) is 1. The summed E-state index contributed by atoms with van der Waals surface area (Å²) in [5.41, 5.74) is 0. The highest BCUT2D eigenvalue weighted by Gasteiger charge is 2.49. The van der Waals surface area contributed by atoms with Crippen LogP contribution in [0.15, 0.2) is 0 Å². The molecule has 0 aromatic heterocycles. The van der Waals surface area contributed by atoms with E-state index in [4.69, 9.17) is 0 Å². The lowest BCUT2D eigenvalue weighted by atomic mass is 10.4. The zero-order valence-corrected chi connectivity index (χ0v) is 8.28. The number of ether oxygens (including phenoxy) is 1. The lowest BCUT2D eigenvalue weighted by Crippen LogP contribution is -2.49. The fourth-order valence-corrected chi connectivity index (χ4v) is 0.600. The van der Waals surface area contributed by atoms with Gasteiger partial charge in [0.15, 0.2) is 0 Å². The third kappa shape index (κ3) is 5.41. The Bertz CT molecular complexity index is 297. The summed E-state index contributed by atoms with van der Waals surface area (Å²) in [6.07, 6.45) is -14.6. The summed E-state index contributed by atoms with van der Waals surface area (Å²) in [6, 6.07) is 0. The van der Waals surface area contributed by atoms with Crippen LogP contribution in [0.1, 0.15) is 13.3 Å². The lowest BCUT2D eigenvalue weighted by Gasteiger charge is -2.21. The molecule has 0 fully saturated rings. The van der Waals surface area contributed by atoms with Crippen LogP contribution < -0.4 is 5.32 Å². The number of carbonyl (C=O) groups excluding carboxylic acids is 2. The second-order valence-electron chi connectivity index (χ2n) is 2.75. The van der Waals surface area contributed by atoms with Crippen LogP contribution in [-0.2, 0) is 14.3 Å². The van der Waals surface area contributed by atoms with Gasteiger partial charge in [0, 0.05) is 6.42 Å². The molecule has 4 nitrogen and oxygen atoms in total. The van der Waals surface area contributed by atoms with Crippen molar-refractivity contribution in [3.05, 3.63) is 0 Å². The van der Waals surface area contributed by atoms with Crippen LogP contribution in [0.3, 0.4) is 0 Å². The van der Waals surface area contributed by atoms with Crippen molar-refractivity contribution in [2.24, 2.45) is 0 Å². The molecule has 0 spiro atoms. The van der Waals surface area contributed by atoms with Crippen molar-refractivity contribution in [1.82, 2.24) is 5.32 Å². The second-order valence-corrected chi connectivity index (χ2v) is 2.75. The number of alkyl halides is 6. The van der Waals surface area contributed by atoms with E-state index in [9.17, 15) is 35.9 Å². The highest BCUT2D eigenvalue weighted by atomic mass is 19.4. The van der Waals surface area contributed by atoms with Gasteiger partial charge in [0.2, 0.25) is 5.91 Å². The van der Waals surface area contributed by atoms with Crippen molar-refractivity contribution in [1.29, 1.82) is 0 Å². The molecule has 0 rings (SSSR count). The van der Waals surface area contributed by atoms with E-state index in [2.05, 4.69) is 4.74 Å². The molecule has 0 aliphatic carbocycles. The molecule has 1 unspecified atom stereocenters. The topological polar surface area (TPSA) is 55.4 Å². The number of carbonyl (C=O) groups is 2. The largest absolute Gasteiger partial charge is 0.491 e. The fraction of sp³-hybridized carbons (Fsp3) is 0.714. The SMILES string of the molecule is CCC(=O)NC(OC(=O)C(F)(F)F)C(F)(F)F. The third-order valence-electron chi connectivity index (χ3n) is 1.37. The van der Waals surface area contributed by atoms with E-state index < -0.39 is 36.9 Å². The van der Waals surface area contributed by atoms with Crippen molar-refractivity contribution in [2.75, 3.05) is 0 Å². The standard InChI is InChI=1S/C7H7F6NO3/c1-2-3(15)14-4(6(8,9)10)17-5(16)7(11,12)13/h4H,2H2,1H3,(H,14,15). The molecule has 1 atom stereocenters. The van der Waals surface area contributed by atoms with Gasteiger partial charge in [0.05, 0.1) is 0 Å². The summed E-state index contributed by atoms with van der Waals surface area (Å²) < 4.78 is 74.4. The molecule has 0 radical (unpaired) electrons. The summed E-state index contributed by atoms with van der Waals surface area (Å²) in [5.74, 6) is -4.24. The van der Waals surface area contributed by atoms with E-state index >= 15 is 0 Å². The van der Waals surface area contributed by atoms with Crippen LogP contribution in [0, 0.1) is 0 Å². The molecule has 1 N–H and O–H groups in total. The average molecular weight is 267 g/mol. The van der Waals surface area contributed by atoms with Crippen molar-refractivity contribution in [3.8, 4) is 0 Å². The zero-order valence-electron chi connectivity index (χ0n) is 8.28. The van der Waals surface area contributed by atoms with Gasteiger partial charge in [0.1, 0.15) is 0 Å². The molecule has 1 amide bonds. The maximum atomic E-state index is 12.1. The summed E-state index contributed by atoms with van der Waals surface area (Å²) in [7, 11) is 0. The van der Waals surface area contributed by atoms with Gasteiger partial charge in [0.25, 0.3) is 6.23 Å². The van der Waals surface area contributed by atoms with Crippen LogP contribution in [-0.4, -0.2) is 30.5 Å². The van der Waals surface area contributed by atoms with Gasteiger partial charge in [-0.2, -0.15) is 26.3 Å². The van der Waals surface area contributed by atoms with Gasteiger partial charge in [-0.3, -0.25) is 4.79 Å². The Hall–Kier alpha value is -1.48. The monoisotopic (exact) mass is 267 g/mol. The molecule has 0 aliphatic heterocycles. The highest BCUT2D eigenvalue weighted by molar-refractivity contribution is 5.78. The van der Waals surface area contributed by atoms with Crippen molar-refractivity contribution in [2.45, 2.75) is 31.9 Å². The predicted octanol–water partition coefficient (Wildman–Crippen LogP) is 1.51. The Morgan fingerprint density at radius 1 is 1.18 bits per heavy atom. The van der Waals surface area contributed by atoms with Crippen molar-refractivity contribution < 1.29 is 40.7 Å². The molecule has 0 aliphatic rings. The number of hydrogen-bond donors (Lipinski definition) is 1. The Morgan fingerprint density at radius 2 is 1.65 bits per heavy atom. The Balaban J connectivity index is 4.74. The molecule has 0 aromatic carbocycles. The fourth-order valence-electron chi connectivity index (χ4n) is 0.600. The molecular formula is C7H7F6NO3.